The molecule has 3 aromatic rings. The van der Waals surface area contributed by atoms with Gasteiger partial charge in [0.15, 0.2) is 0 Å². The Morgan fingerprint density at radius 2 is 1.85 bits per heavy atom. The Labute approximate surface area is 152 Å². The van der Waals surface area contributed by atoms with Crippen LogP contribution in [0.5, 0.6) is 0 Å². The minimum absolute atomic E-state index is 0.475. The van der Waals surface area contributed by atoms with E-state index in [0.29, 0.717) is 17.9 Å². The minimum atomic E-state index is 0.475. The maximum Gasteiger partial charge on any atom is 0.226 e. The number of hydrogen-bond acceptors (Lipinski definition) is 5. The Morgan fingerprint density at radius 1 is 1.04 bits per heavy atom. The predicted octanol–water partition coefficient (Wildman–Crippen LogP) is 3.65. The third-order valence-corrected chi connectivity index (χ3v) is 5.41. The molecule has 1 saturated carbocycles. The van der Waals surface area contributed by atoms with E-state index in [0.717, 1.165) is 43.7 Å². The Morgan fingerprint density at radius 3 is 2.62 bits per heavy atom. The van der Waals surface area contributed by atoms with Crippen molar-refractivity contribution < 1.29 is 4.42 Å². The van der Waals surface area contributed by atoms with Crippen LogP contribution in [0.2, 0.25) is 0 Å². The molecule has 0 amide bonds. The van der Waals surface area contributed by atoms with E-state index >= 15 is 0 Å². The molecular formula is C20H23N5O. The van der Waals surface area contributed by atoms with Crippen molar-refractivity contribution in [3.8, 4) is 11.5 Å². The number of piperidine rings is 1. The lowest BCUT2D eigenvalue weighted by atomic mass is 10.1. The second-order valence-electron chi connectivity index (χ2n) is 7.42. The number of oxazole rings is 1. The lowest BCUT2D eigenvalue weighted by Crippen LogP contribution is -2.34. The van der Waals surface area contributed by atoms with Crippen LogP contribution >= 0.6 is 0 Å². The van der Waals surface area contributed by atoms with Crippen molar-refractivity contribution in [3.63, 3.8) is 0 Å². The molecule has 6 heteroatoms. The minimum Gasteiger partial charge on any atom is -0.444 e. The molecule has 134 valence electrons. The van der Waals surface area contributed by atoms with Gasteiger partial charge in [0.25, 0.3) is 0 Å². The first-order valence-corrected chi connectivity index (χ1v) is 9.49. The van der Waals surface area contributed by atoms with Crippen LogP contribution in [0.25, 0.3) is 11.5 Å². The summed E-state index contributed by atoms with van der Waals surface area (Å²) in [6, 6.07) is 10.5. The highest BCUT2D eigenvalue weighted by Gasteiger charge is 2.28. The van der Waals surface area contributed by atoms with Gasteiger partial charge in [0.2, 0.25) is 5.89 Å². The van der Waals surface area contributed by atoms with Crippen molar-refractivity contribution in [2.45, 2.75) is 44.2 Å². The summed E-state index contributed by atoms with van der Waals surface area (Å²) in [5.74, 6) is 1.38. The first-order valence-electron chi connectivity index (χ1n) is 9.49. The highest BCUT2D eigenvalue weighted by molar-refractivity contribution is 5.52. The average Bonchev–Trinajstić information content (AvgIpc) is 3.24. The SMILES string of the molecule is c1ccc(-c2nc(CN3CCC(n4cc(C5CC5)nn4)CC3)co2)cc1. The third kappa shape index (κ3) is 3.29. The van der Waals surface area contributed by atoms with Crippen molar-refractivity contribution in [1.82, 2.24) is 24.9 Å². The average molecular weight is 349 g/mol. The van der Waals surface area contributed by atoms with E-state index in [9.17, 15) is 0 Å². The van der Waals surface area contributed by atoms with E-state index in [1.165, 1.54) is 18.5 Å². The molecule has 0 N–H and O–H groups in total. The van der Waals surface area contributed by atoms with Crippen molar-refractivity contribution in [2.24, 2.45) is 0 Å². The van der Waals surface area contributed by atoms with Crippen molar-refractivity contribution in [2.75, 3.05) is 13.1 Å². The lowest BCUT2D eigenvalue weighted by molar-refractivity contribution is 0.170. The first kappa shape index (κ1) is 15.8. The van der Waals surface area contributed by atoms with Crippen LogP contribution in [0.3, 0.4) is 0 Å². The molecule has 0 unspecified atom stereocenters. The molecule has 6 nitrogen and oxygen atoms in total. The van der Waals surface area contributed by atoms with Gasteiger partial charge in [-0.1, -0.05) is 23.4 Å². The van der Waals surface area contributed by atoms with Crippen molar-refractivity contribution >= 4 is 0 Å². The highest BCUT2D eigenvalue weighted by atomic mass is 16.3. The summed E-state index contributed by atoms with van der Waals surface area (Å²) in [6.07, 6.45) is 8.73. The summed E-state index contributed by atoms with van der Waals surface area (Å²) >= 11 is 0. The monoisotopic (exact) mass is 349 g/mol. The fourth-order valence-electron chi connectivity index (χ4n) is 3.70. The van der Waals surface area contributed by atoms with Crippen LogP contribution in [-0.2, 0) is 6.54 Å². The number of nitrogens with zero attached hydrogens (tertiary/aromatic N) is 5. The molecule has 0 radical (unpaired) electrons. The van der Waals surface area contributed by atoms with Crippen LogP contribution in [0.15, 0.2) is 47.2 Å². The molecule has 0 bridgehead atoms. The fraction of sp³-hybridized carbons (Fsp3) is 0.450. The summed E-state index contributed by atoms with van der Waals surface area (Å²) in [6.45, 7) is 2.95. The summed E-state index contributed by atoms with van der Waals surface area (Å²) in [7, 11) is 0. The Bertz CT molecular complexity index is 859. The molecule has 1 saturated heterocycles. The molecular weight excluding hydrogens is 326 g/mol. The van der Waals surface area contributed by atoms with Gasteiger partial charge in [0.05, 0.1) is 17.4 Å². The Kier molecular flexibility index (Phi) is 4.05. The topological polar surface area (TPSA) is 60.0 Å². The molecule has 0 spiro atoms. The summed E-state index contributed by atoms with van der Waals surface area (Å²) in [5.41, 5.74) is 3.21. The van der Waals surface area contributed by atoms with Gasteiger partial charge in [-0.05, 0) is 37.8 Å². The van der Waals surface area contributed by atoms with Gasteiger partial charge >= 0.3 is 0 Å². The summed E-state index contributed by atoms with van der Waals surface area (Å²) < 4.78 is 7.75. The van der Waals surface area contributed by atoms with Gasteiger partial charge in [-0.25, -0.2) is 9.67 Å². The zero-order valence-electron chi connectivity index (χ0n) is 14.8. The van der Waals surface area contributed by atoms with Crippen LogP contribution in [-0.4, -0.2) is 38.0 Å². The smallest absolute Gasteiger partial charge is 0.226 e. The zero-order valence-corrected chi connectivity index (χ0v) is 14.8. The standard InChI is InChI=1S/C20H23N5O/c1-2-4-16(5-3-1)20-21-17(14-26-20)12-24-10-8-18(9-11-24)25-13-19(22-23-25)15-6-7-15/h1-5,13-15,18H,6-12H2. The van der Waals surface area contributed by atoms with E-state index < -0.39 is 0 Å². The van der Waals surface area contributed by atoms with Crippen molar-refractivity contribution in [1.29, 1.82) is 0 Å². The van der Waals surface area contributed by atoms with E-state index in [1.54, 1.807) is 6.26 Å². The largest absolute Gasteiger partial charge is 0.444 e. The molecule has 1 aliphatic carbocycles. The highest BCUT2D eigenvalue weighted by Crippen LogP contribution is 2.39. The first-order chi connectivity index (χ1) is 12.8. The number of likely N-dealkylation sites (tertiary alicyclic amines) is 1. The molecule has 2 fully saturated rings. The summed E-state index contributed by atoms with van der Waals surface area (Å²) in [4.78, 5) is 7.09. The molecule has 0 atom stereocenters. The van der Waals surface area contributed by atoms with Gasteiger partial charge in [0, 0.05) is 37.3 Å². The fourth-order valence-corrected chi connectivity index (χ4v) is 3.70. The molecule has 1 aromatic carbocycles. The van der Waals surface area contributed by atoms with Gasteiger partial charge in [-0.2, -0.15) is 0 Å². The molecule has 3 heterocycles. The second kappa shape index (κ2) is 6.68. The van der Waals surface area contributed by atoms with E-state index in [2.05, 4.69) is 31.1 Å². The molecule has 5 rings (SSSR count). The number of rotatable bonds is 5. The van der Waals surface area contributed by atoms with Gasteiger partial charge < -0.3 is 4.42 Å². The van der Waals surface area contributed by atoms with E-state index in [1.807, 2.05) is 30.3 Å². The molecule has 2 aromatic heterocycles. The third-order valence-electron chi connectivity index (χ3n) is 5.41. The number of hydrogen-bond donors (Lipinski definition) is 0. The van der Waals surface area contributed by atoms with Crippen LogP contribution in [0, 0.1) is 0 Å². The van der Waals surface area contributed by atoms with Gasteiger partial charge in [-0.3, -0.25) is 4.90 Å². The molecule has 2 aliphatic rings. The van der Waals surface area contributed by atoms with E-state index in [-0.39, 0.29) is 0 Å². The Balaban J connectivity index is 1.17. The van der Waals surface area contributed by atoms with Crippen LogP contribution < -0.4 is 0 Å². The lowest BCUT2D eigenvalue weighted by Gasteiger charge is -2.31. The number of aromatic nitrogens is 4. The Hall–Kier alpha value is -2.47. The van der Waals surface area contributed by atoms with Crippen LogP contribution in [0.4, 0.5) is 0 Å². The molecule has 26 heavy (non-hydrogen) atoms. The quantitative estimate of drug-likeness (QED) is 0.704. The van der Waals surface area contributed by atoms with Gasteiger partial charge in [-0.15, -0.1) is 5.10 Å². The van der Waals surface area contributed by atoms with Crippen LogP contribution in [0.1, 0.15) is 49.0 Å². The van der Waals surface area contributed by atoms with E-state index in [4.69, 9.17) is 4.42 Å². The molecule has 1 aliphatic heterocycles. The van der Waals surface area contributed by atoms with Gasteiger partial charge in [0.1, 0.15) is 6.26 Å². The summed E-state index contributed by atoms with van der Waals surface area (Å²) in [5, 5.41) is 8.72. The second-order valence-corrected chi connectivity index (χ2v) is 7.42. The normalized spacial score (nSPS) is 19.1. The number of benzene rings is 1. The maximum absolute atomic E-state index is 5.65. The predicted molar refractivity (Wildman–Crippen MR) is 97.5 cm³/mol. The van der Waals surface area contributed by atoms with Crippen molar-refractivity contribution in [3.05, 3.63) is 54.2 Å². The maximum atomic E-state index is 5.65. The zero-order chi connectivity index (χ0) is 17.3.